The summed E-state index contributed by atoms with van der Waals surface area (Å²) in [5.74, 6) is -0.993. The van der Waals surface area contributed by atoms with Crippen LogP contribution in [0.1, 0.15) is 40.5 Å². The van der Waals surface area contributed by atoms with Gasteiger partial charge in [0, 0.05) is 6.42 Å². The molecule has 0 N–H and O–H groups in total. The molecule has 1 saturated carbocycles. The Morgan fingerprint density at radius 3 is 2.71 bits per heavy atom. The predicted octanol–water partition coefficient (Wildman–Crippen LogP) is 1.92. The maximum atomic E-state index is 12.0. The van der Waals surface area contributed by atoms with E-state index in [9.17, 15) is 9.59 Å². The number of rotatable bonds is 2. The van der Waals surface area contributed by atoms with E-state index in [2.05, 4.69) is 0 Å². The van der Waals surface area contributed by atoms with E-state index < -0.39 is 0 Å². The summed E-state index contributed by atoms with van der Waals surface area (Å²) in [7, 11) is 0. The average molecular weight is 240 g/mol. The summed E-state index contributed by atoms with van der Waals surface area (Å²) in [5.41, 5.74) is -0.365. The number of ether oxygens (including phenoxy) is 2. The van der Waals surface area contributed by atoms with Crippen molar-refractivity contribution in [2.24, 2.45) is 17.8 Å². The Balaban J connectivity index is 2.17. The Labute approximate surface area is 102 Å². The molecule has 0 amide bonds. The molecule has 1 saturated heterocycles. The molecule has 2 rings (SSSR count). The van der Waals surface area contributed by atoms with Gasteiger partial charge >= 0.3 is 11.9 Å². The van der Waals surface area contributed by atoms with Crippen LogP contribution in [0.2, 0.25) is 0 Å². The third-order valence-corrected chi connectivity index (χ3v) is 3.73. The molecule has 3 unspecified atom stereocenters. The highest BCUT2D eigenvalue weighted by Crippen LogP contribution is 2.48. The Bertz CT molecular complexity index is 349. The lowest BCUT2D eigenvalue weighted by Crippen LogP contribution is -2.41. The third kappa shape index (κ3) is 2.17. The fraction of sp³-hybridized carbons (Fsp3) is 0.846. The van der Waals surface area contributed by atoms with Gasteiger partial charge in [0.2, 0.25) is 0 Å². The number of esters is 2. The topological polar surface area (TPSA) is 52.6 Å². The van der Waals surface area contributed by atoms with Gasteiger partial charge in [-0.1, -0.05) is 6.92 Å². The Morgan fingerprint density at radius 2 is 2.12 bits per heavy atom. The van der Waals surface area contributed by atoms with Crippen LogP contribution in [0.15, 0.2) is 0 Å². The zero-order chi connectivity index (χ0) is 12.8. The maximum absolute atomic E-state index is 12.0. The zero-order valence-electron chi connectivity index (χ0n) is 10.9. The second-order valence-electron chi connectivity index (χ2n) is 5.87. The first-order valence-corrected chi connectivity index (χ1v) is 6.26. The molecule has 0 radical (unpaired) electrons. The minimum absolute atomic E-state index is 0.136. The normalized spacial score (nSPS) is 40.3. The Hall–Kier alpha value is -1.06. The molecule has 1 heterocycles. The van der Waals surface area contributed by atoms with Gasteiger partial charge in [-0.05, 0) is 33.1 Å². The van der Waals surface area contributed by atoms with Crippen molar-refractivity contribution in [3.05, 3.63) is 0 Å². The maximum Gasteiger partial charge on any atom is 0.310 e. The van der Waals surface area contributed by atoms with E-state index in [-0.39, 0.29) is 41.4 Å². The lowest BCUT2D eigenvalue weighted by Gasteiger charge is -2.35. The summed E-state index contributed by atoms with van der Waals surface area (Å²) < 4.78 is 10.6. The van der Waals surface area contributed by atoms with E-state index in [0.717, 1.165) is 6.42 Å². The van der Waals surface area contributed by atoms with Crippen LogP contribution in [0.3, 0.4) is 0 Å². The number of hydrogen-bond donors (Lipinski definition) is 0. The molecular weight excluding hydrogens is 220 g/mol. The molecular formula is C13H20O4. The first-order chi connectivity index (χ1) is 7.82. The van der Waals surface area contributed by atoms with Crippen LogP contribution in [0.4, 0.5) is 0 Å². The van der Waals surface area contributed by atoms with Crippen molar-refractivity contribution < 1.29 is 19.1 Å². The highest BCUT2D eigenvalue weighted by molar-refractivity contribution is 5.84. The van der Waals surface area contributed by atoms with E-state index in [1.54, 1.807) is 0 Å². The lowest BCUT2D eigenvalue weighted by atomic mass is 9.69. The van der Waals surface area contributed by atoms with Crippen molar-refractivity contribution >= 4 is 11.9 Å². The van der Waals surface area contributed by atoms with Gasteiger partial charge in [-0.2, -0.15) is 0 Å². The van der Waals surface area contributed by atoms with Crippen molar-refractivity contribution in [2.45, 2.75) is 52.2 Å². The Kier molecular flexibility index (Phi) is 2.92. The van der Waals surface area contributed by atoms with Crippen molar-refractivity contribution in [2.75, 3.05) is 0 Å². The third-order valence-electron chi connectivity index (χ3n) is 3.73. The molecule has 17 heavy (non-hydrogen) atoms. The van der Waals surface area contributed by atoms with Gasteiger partial charge in [0.25, 0.3) is 0 Å². The first-order valence-electron chi connectivity index (χ1n) is 6.26. The van der Waals surface area contributed by atoms with Crippen molar-refractivity contribution in [3.8, 4) is 0 Å². The van der Waals surface area contributed by atoms with Gasteiger partial charge in [-0.25, -0.2) is 0 Å². The molecule has 0 spiro atoms. The first kappa shape index (κ1) is 12.4. The smallest absolute Gasteiger partial charge is 0.310 e. The van der Waals surface area contributed by atoms with Crippen molar-refractivity contribution in [1.82, 2.24) is 0 Å². The van der Waals surface area contributed by atoms with E-state index in [0.29, 0.717) is 6.42 Å². The minimum atomic E-state index is -0.365. The highest BCUT2D eigenvalue weighted by Gasteiger charge is 2.56. The average Bonchev–Trinajstić information content (AvgIpc) is 2.35. The van der Waals surface area contributed by atoms with Crippen LogP contribution < -0.4 is 0 Å². The quantitative estimate of drug-likeness (QED) is 0.692. The second kappa shape index (κ2) is 4.00. The summed E-state index contributed by atoms with van der Waals surface area (Å²) in [6.07, 6.45) is 1.25. The SMILES string of the molecule is CC(C)OC(=O)C1C(C)C[C@]2(C)CC1C(=O)O2. The molecule has 0 aromatic heterocycles. The van der Waals surface area contributed by atoms with Crippen LogP contribution in [0.25, 0.3) is 0 Å². The zero-order valence-corrected chi connectivity index (χ0v) is 10.9. The lowest BCUT2D eigenvalue weighted by molar-refractivity contribution is -0.160. The van der Waals surface area contributed by atoms with Crippen LogP contribution in [0, 0.1) is 17.8 Å². The standard InChI is InChI=1S/C13H20O4/c1-7(2)16-12(15)10-8(3)5-13(4)6-9(10)11(14)17-13/h7-10H,5-6H2,1-4H3/t8?,9?,10?,13-/m1/s1. The van der Waals surface area contributed by atoms with E-state index >= 15 is 0 Å². The second-order valence-corrected chi connectivity index (χ2v) is 5.87. The molecule has 2 aliphatic rings. The van der Waals surface area contributed by atoms with Gasteiger partial charge in [0.1, 0.15) is 5.60 Å². The predicted molar refractivity (Wildman–Crippen MR) is 61.1 cm³/mol. The van der Waals surface area contributed by atoms with Crippen molar-refractivity contribution in [3.63, 3.8) is 0 Å². The fourth-order valence-electron chi connectivity index (χ4n) is 3.22. The molecule has 4 nitrogen and oxygen atoms in total. The molecule has 4 atom stereocenters. The number of hydrogen-bond acceptors (Lipinski definition) is 4. The molecule has 0 aromatic carbocycles. The summed E-state index contributed by atoms with van der Waals surface area (Å²) in [4.78, 5) is 23.8. The molecule has 96 valence electrons. The molecule has 0 aromatic rings. The summed E-state index contributed by atoms with van der Waals surface area (Å²) in [6.45, 7) is 7.59. The molecule has 2 bridgehead atoms. The van der Waals surface area contributed by atoms with Gasteiger partial charge < -0.3 is 9.47 Å². The molecule has 1 aliphatic heterocycles. The number of fused-ring (bicyclic) bond motifs is 2. The molecule has 4 heteroatoms. The Morgan fingerprint density at radius 1 is 1.47 bits per heavy atom. The van der Waals surface area contributed by atoms with E-state index in [4.69, 9.17) is 9.47 Å². The van der Waals surface area contributed by atoms with Gasteiger partial charge in [-0.15, -0.1) is 0 Å². The summed E-state index contributed by atoms with van der Waals surface area (Å²) in [5, 5.41) is 0. The molecule has 2 fully saturated rings. The largest absolute Gasteiger partial charge is 0.463 e. The molecule has 1 aliphatic carbocycles. The monoisotopic (exact) mass is 240 g/mol. The van der Waals surface area contributed by atoms with Gasteiger partial charge in [-0.3, -0.25) is 9.59 Å². The van der Waals surface area contributed by atoms with Gasteiger partial charge in [0.05, 0.1) is 17.9 Å². The summed E-state index contributed by atoms with van der Waals surface area (Å²) in [6, 6.07) is 0. The highest BCUT2D eigenvalue weighted by atomic mass is 16.6. The van der Waals surface area contributed by atoms with Crippen LogP contribution in [0.5, 0.6) is 0 Å². The van der Waals surface area contributed by atoms with E-state index in [1.807, 2.05) is 27.7 Å². The number of carbonyl (C=O) groups excluding carboxylic acids is 2. The number of carbonyl (C=O) groups is 2. The van der Waals surface area contributed by atoms with Crippen LogP contribution in [-0.4, -0.2) is 23.6 Å². The van der Waals surface area contributed by atoms with Crippen LogP contribution in [-0.2, 0) is 19.1 Å². The minimum Gasteiger partial charge on any atom is -0.463 e. The van der Waals surface area contributed by atoms with Crippen LogP contribution >= 0.6 is 0 Å². The fourth-order valence-corrected chi connectivity index (χ4v) is 3.22. The van der Waals surface area contributed by atoms with Gasteiger partial charge in [0.15, 0.2) is 0 Å². The summed E-state index contributed by atoms with van der Waals surface area (Å²) >= 11 is 0. The van der Waals surface area contributed by atoms with Crippen molar-refractivity contribution in [1.29, 1.82) is 0 Å². The van der Waals surface area contributed by atoms with E-state index in [1.165, 1.54) is 0 Å².